The number of fused-ring (bicyclic) bond motifs is 5. The SMILES string of the molecule is CCCCC(OC(C)=O)C(C)(C)C1CCC2(C)C(CCC3C4C(C5(C)CC5)CCC4(C(=O)O)CCC32C)C1. The molecule has 4 heteroatoms. The lowest BCUT2D eigenvalue weighted by molar-refractivity contribution is -0.204. The summed E-state index contributed by atoms with van der Waals surface area (Å²) in [5.74, 6) is 2.11. The molecule has 5 rings (SSSR count). The third-order valence-electron chi connectivity index (χ3n) is 14.3. The Balaban J connectivity index is 1.41. The monoisotopic (exact) mass is 528 g/mol. The Hall–Kier alpha value is -1.06. The number of carbonyl (C=O) groups is 2. The van der Waals surface area contributed by atoms with E-state index in [9.17, 15) is 14.7 Å². The van der Waals surface area contributed by atoms with Crippen LogP contribution in [0.25, 0.3) is 0 Å². The third kappa shape index (κ3) is 4.11. The molecule has 38 heavy (non-hydrogen) atoms. The number of hydrogen-bond donors (Lipinski definition) is 1. The Morgan fingerprint density at radius 3 is 2.24 bits per heavy atom. The van der Waals surface area contributed by atoms with Crippen molar-refractivity contribution >= 4 is 11.9 Å². The highest BCUT2D eigenvalue weighted by Gasteiger charge is 2.71. The van der Waals surface area contributed by atoms with Gasteiger partial charge in [-0.15, -0.1) is 0 Å². The van der Waals surface area contributed by atoms with Gasteiger partial charge in [0.2, 0.25) is 0 Å². The van der Waals surface area contributed by atoms with E-state index in [0.29, 0.717) is 35.0 Å². The Morgan fingerprint density at radius 2 is 1.63 bits per heavy atom. The molecule has 5 saturated carbocycles. The summed E-state index contributed by atoms with van der Waals surface area (Å²) in [6.07, 6.45) is 15.9. The van der Waals surface area contributed by atoms with Gasteiger partial charge in [-0.05, 0) is 123 Å². The molecule has 0 saturated heterocycles. The normalized spacial score (nSPS) is 44.3. The zero-order valence-corrected chi connectivity index (χ0v) is 25.5. The van der Waals surface area contributed by atoms with Crippen molar-refractivity contribution in [3.05, 3.63) is 0 Å². The van der Waals surface area contributed by atoms with Gasteiger partial charge in [0.1, 0.15) is 6.10 Å². The molecule has 0 aliphatic heterocycles. The molecule has 0 heterocycles. The van der Waals surface area contributed by atoms with Crippen LogP contribution in [0.5, 0.6) is 0 Å². The van der Waals surface area contributed by atoms with Gasteiger partial charge >= 0.3 is 11.9 Å². The zero-order chi connectivity index (χ0) is 27.7. The molecule has 5 fully saturated rings. The average molecular weight is 529 g/mol. The second kappa shape index (κ2) is 9.51. The van der Waals surface area contributed by atoms with E-state index in [-0.39, 0.29) is 28.3 Å². The van der Waals surface area contributed by atoms with Crippen LogP contribution in [0.15, 0.2) is 0 Å². The number of carbonyl (C=O) groups excluding carboxylic acids is 1. The fraction of sp³-hybridized carbons (Fsp3) is 0.941. The van der Waals surface area contributed by atoms with Crippen LogP contribution >= 0.6 is 0 Å². The molecule has 0 aromatic heterocycles. The third-order valence-corrected chi connectivity index (χ3v) is 14.3. The maximum atomic E-state index is 12.9. The zero-order valence-electron chi connectivity index (χ0n) is 25.5. The van der Waals surface area contributed by atoms with Gasteiger partial charge in [-0.1, -0.05) is 54.4 Å². The molecule has 5 aliphatic rings. The van der Waals surface area contributed by atoms with Crippen molar-refractivity contribution in [2.75, 3.05) is 0 Å². The summed E-state index contributed by atoms with van der Waals surface area (Å²) in [6, 6.07) is 0. The van der Waals surface area contributed by atoms with Crippen LogP contribution in [0.3, 0.4) is 0 Å². The predicted octanol–water partition coefficient (Wildman–Crippen LogP) is 8.66. The number of unbranched alkanes of at least 4 members (excludes halogenated alkanes) is 1. The van der Waals surface area contributed by atoms with E-state index in [1.165, 1.54) is 44.9 Å². The number of aliphatic carboxylic acids is 1. The van der Waals surface area contributed by atoms with Crippen LogP contribution in [0.2, 0.25) is 0 Å². The van der Waals surface area contributed by atoms with Gasteiger partial charge in [-0.2, -0.15) is 0 Å². The van der Waals surface area contributed by atoms with Gasteiger partial charge in [0, 0.05) is 12.3 Å². The van der Waals surface area contributed by atoms with Crippen LogP contribution in [-0.2, 0) is 14.3 Å². The van der Waals surface area contributed by atoms with E-state index >= 15 is 0 Å². The van der Waals surface area contributed by atoms with Crippen LogP contribution in [0.1, 0.15) is 138 Å². The van der Waals surface area contributed by atoms with Crippen LogP contribution < -0.4 is 0 Å². The second-order valence-electron chi connectivity index (χ2n) is 16.0. The number of carboxylic acid groups (broad SMARTS) is 1. The van der Waals surface area contributed by atoms with Gasteiger partial charge in [0.05, 0.1) is 5.41 Å². The van der Waals surface area contributed by atoms with Crippen molar-refractivity contribution in [3.8, 4) is 0 Å². The lowest BCUT2D eigenvalue weighted by Gasteiger charge is -2.67. The number of hydrogen-bond acceptors (Lipinski definition) is 3. The molecule has 216 valence electrons. The summed E-state index contributed by atoms with van der Waals surface area (Å²) in [7, 11) is 0. The molecule has 0 radical (unpaired) electrons. The first kappa shape index (κ1) is 28.5. The van der Waals surface area contributed by atoms with Crippen molar-refractivity contribution in [1.82, 2.24) is 0 Å². The summed E-state index contributed by atoms with van der Waals surface area (Å²) in [4.78, 5) is 25.0. The number of rotatable bonds is 8. The van der Waals surface area contributed by atoms with E-state index < -0.39 is 11.4 Å². The van der Waals surface area contributed by atoms with Crippen LogP contribution in [0, 0.1) is 56.7 Å². The fourth-order valence-corrected chi connectivity index (χ4v) is 11.2. The first-order chi connectivity index (χ1) is 17.7. The molecular formula is C34H56O4. The summed E-state index contributed by atoms with van der Waals surface area (Å²) < 4.78 is 5.97. The molecule has 0 aromatic rings. The molecule has 5 aliphatic carbocycles. The Labute approximate surface area is 232 Å². The van der Waals surface area contributed by atoms with E-state index in [1.54, 1.807) is 6.92 Å². The lowest BCUT2D eigenvalue weighted by atomic mass is 9.37. The van der Waals surface area contributed by atoms with E-state index in [0.717, 1.165) is 44.9 Å². The van der Waals surface area contributed by atoms with Gasteiger partial charge in [0.15, 0.2) is 0 Å². The highest BCUT2D eigenvalue weighted by molar-refractivity contribution is 5.76. The van der Waals surface area contributed by atoms with Crippen molar-refractivity contribution in [2.45, 2.75) is 144 Å². The molecule has 9 atom stereocenters. The maximum Gasteiger partial charge on any atom is 0.309 e. The fourth-order valence-electron chi connectivity index (χ4n) is 11.2. The minimum Gasteiger partial charge on any atom is -0.481 e. The Morgan fingerprint density at radius 1 is 0.921 bits per heavy atom. The maximum absolute atomic E-state index is 12.9. The smallest absolute Gasteiger partial charge is 0.309 e. The van der Waals surface area contributed by atoms with E-state index in [1.807, 2.05) is 0 Å². The minimum absolute atomic E-state index is 0.00868. The van der Waals surface area contributed by atoms with Crippen LogP contribution in [-0.4, -0.2) is 23.1 Å². The lowest BCUT2D eigenvalue weighted by Crippen LogP contribution is -2.62. The molecular weight excluding hydrogens is 472 g/mol. The Bertz CT molecular complexity index is 935. The average Bonchev–Trinajstić information content (AvgIpc) is 3.46. The highest BCUT2D eigenvalue weighted by atomic mass is 16.5. The molecule has 9 unspecified atom stereocenters. The van der Waals surface area contributed by atoms with E-state index in [2.05, 4.69) is 41.5 Å². The quantitative estimate of drug-likeness (QED) is 0.320. The van der Waals surface area contributed by atoms with Gasteiger partial charge in [0.25, 0.3) is 0 Å². The molecule has 4 nitrogen and oxygen atoms in total. The minimum atomic E-state index is -0.488. The molecule has 0 aromatic carbocycles. The first-order valence-electron chi connectivity index (χ1n) is 16.2. The highest BCUT2D eigenvalue weighted by Crippen LogP contribution is 2.76. The van der Waals surface area contributed by atoms with E-state index in [4.69, 9.17) is 4.74 Å². The largest absolute Gasteiger partial charge is 0.481 e. The topological polar surface area (TPSA) is 63.6 Å². The first-order valence-corrected chi connectivity index (χ1v) is 16.2. The van der Waals surface area contributed by atoms with Gasteiger partial charge in [-0.25, -0.2) is 0 Å². The number of esters is 1. The van der Waals surface area contributed by atoms with Gasteiger partial charge in [-0.3, -0.25) is 9.59 Å². The molecule has 1 N–H and O–H groups in total. The summed E-state index contributed by atoms with van der Waals surface area (Å²) in [6.45, 7) is 16.1. The van der Waals surface area contributed by atoms with Crippen LogP contribution in [0.4, 0.5) is 0 Å². The summed E-state index contributed by atoms with van der Waals surface area (Å²) in [5.41, 5.74) is 0.385. The van der Waals surface area contributed by atoms with Crippen molar-refractivity contribution in [1.29, 1.82) is 0 Å². The second-order valence-corrected chi connectivity index (χ2v) is 16.0. The van der Waals surface area contributed by atoms with Gasteiger partial charge < -0.3 is 9.84 Å². The summed E-state index contributed by atoms with van der Waals surface area (Å²) >= 11 is 0. The molecule has 0 spiro atoms. The standard InChI is InChI=1S/C34H56O4/c1-8-9-10-27(38-22(2)35)30(3,4)23-13-15-32(6)24(21-23)11-12-26-28-25(31(5)17-18-31)14-16-34(28,29(36)37)20-19-33(26,32)7/h23-28H,8-21H2,1-7H3,(H,36,37). The Kier molecular flexibility index (Phi) is 7.12. The number of carboxylic acids is 1. The van der Waals surface area contributed by atoms with Crippen molar-refractivity contribution in [3.63, 3.8) is 0 Å². The summed E-state index contributed by atoms with van der Waals surface area (Å²) in [5, 5.41) is 10.6. The molecule has 0 amide bonds. The number of ether oxygens (including phenoxy) is 1. The van der Waals surface area contributed by atoms with Crippen molar-refractivity contribution in [2.24, 2.45) is 56.7 Å². The predicted molar refractivity (Wildman–Crippen MR) is 151 cm³/mol. The molecule has 0 bridgehead atoms. The van der Waals surface area contributed by atoms with Crippen molar-refractivity contribution < 1.29 is 19.4 Å².